The molecule has 16 heteroatoms. The zero-order chi connectivity index (χ0) is 47.2. The summed E-state index contributed by atoms with van der Waals surface area (Å²) in [6.45, 7) is 8.08. The highest BCUT2D eigenvalue weighted by atomic mass is 19.3. The molecule has 4 aliphatic carbocycles. The van der Waals surface area contributed by atoms with Gasteiger partial charge in [0.05, 0.1) is 43.2 Å². The van der Waals surface area contributed by atoms with Gasteiger partial charge in [-0.15, -0.1) is 0 Å². The SMILES string of the molecule is COC(=O)N[C@H](C(=O)N[C@@H]1CC[C@H](C2(c3nc4ccc(-c5ccc6c(c5)C(F)(F)c5cc(-c7cnc([C@@H]8CC9(CC9)CN8C(=O)[C@@H](NC(=O)OC)C(C)C)[nH]7)ccc5-6)cc4[nH]3)CC2)C1)C(C)C. The van der Waals surface area contributed by atoms with Crippen LogP contribution in [0.5, 0.6) is 0 Å². The fourth-order valence-corrected chi connectivity index (χ4v) is 11.2. The maximum atomic E-state index is 16.7. The molecule has 3 saturated carbocycles. The molecule has 14 nitrogen and oxygen atoms in total. The Bertz CT molecular complexity index is 2790. The minimum absolute atomic E-state index is 0.00926. The largest absolute Gasteiger partial charge is 0.453 e. The summed E-state index contributed by atoms with van der Waals surface area (Å²) < 4.78 is 42.9. The van der Waals surface area contributed by atoms with E-state index in [1.165, 1.54) is 14.2 Å². The second kappa shape index (κ2) is 16.5. The van der Waals surface area contributed by atoms with Gasteiger partial charge in [0.25, 0.3) is 5.92 Å². The summed E-state index contributed by atoms with van der Waals surface area (Å²) in [6.07, 6.45) is 7.66. The van der Waals surface area contributed by atoms with Crippen LogP contribution >= 0.6 is 0 Å². The third-order valence-electron chi connectivity index (χ3n) is 15.4. The number of imidazole rings is 2. The van der Waals surface area contributed by atoms with E-state index >= 15 is 8.78 Å². The van der Waals surface area contributed by atoms with Gasteiger partial charge in [-0.2, -0.15) is 8.78 Å². The minimum atomic E-state index is -3.26. The predicted octanol–water partition coefficient (Wildman–Crippen LogP) is 8.87. The first-order chi connectivity index (χ1) is 32.0. The highest BCUT2D eigenvalue weighted by Crippen LogP contribution is 2.60. The number of rotatable bonds is 12. The second-order valence-corrected chi connectivity index (χ2v) is 20.4. The highest BCUT2D eigenvalue weighted by Gasteiger charge is 2.56. The number of hydrogen-bond acceptors (Lipinski definition) is 8. The number of alkyl halides is 2. The first-order valence-electron chi connectivity index (χ1n) is 23.6. The van der Waals surface area contributed by atoms with Crippen molar-refractivity contribution in [3.05, 3.63) is 83.6 Å². The van der Waals surface area contributed by atoms with Crippen molar-refractivity contribution >= 4 is 35.0 Å². The topological polar surface area (TPSA) is 183 Å². The number of methoxy groups -OCH3 is 2. The highest BCUT2D eigenvalue weighted by molar-refractivity contribution is 5.89. The Labute approximate surface area is 387 Å². The number of halogens is 2. The molecule has 5 aliphatic rings. The van der Waals surface area contributed by atoms with E-state index in [0.717, 1.165) is 73.8 Å². The number of nitrogens with one attached hydrogen (secondary N) is 5. The molecule has 3 heterocycles. The number of carbonyl (C=O) groups excluding carboxylic acids is 4. The lowest BCUT2D eigenvalue weighted by Crippen LogP contribution is -2.51. The van der Waals surface area contributed by atoms with Crippen molar-refractivity contribution in [1.82, 2.24) is 40.8 Å². The molecule has 5 aromatic rings. The van der Waals surface area contributed by atoms with Crippen molar-refractivity contribution in [2.75, 3.05) is 20.8 Å². The smallest absolute Gasteiger partial charge is 0.407 e. The zero-order valence-electron chi connectivity index (χ0n) is 38.7. The van der Waals surface area contributed by atoms with Crippen LogP contribution in [0.2, 0.25) is 0 Å². The average Bonchev–Trinajstić information content (AvgIpc) is 3.88. The van der Waals surface area contributed by atoms with Crippen LogP contribution in [0, 0.1) is 23.2 Å². The van der Waals surface area contributed by atoms with E-state index < -0.39 is 30.2 Å². The van der Waals surface area contributed by atoms with Gasteiger partial charge in [0.2, 0.25) is 11.8 Å². The summed E-state index contributed by atoms with van der Waals surface area (Å²) in [5.74, 6) is -2.13. The van der Waals surface area contributed by atoms with Crippen molar-refractivity contribution in [1.29, 1.82) is 0 Å². The molecule has 67 heavy (non-hydrogen) atoms. The number of alkyl carbamates (subject to hydrolysis) is 2. The molecule has 1 saturated heterocycles. The summed E-state index contributed by atoms with van der Waals surface area (Å²) in [5, 5.41) is 8.53. The second-order valence-electron chi connectivity index (χ2n) is 20.4. The van der Waals surface area contributed by atoms with Gasteiger partial charge < -0.3 is 40.3 Å². The van der Waals surface area contributed by atoms with E-state index in [1.807, 2.05) is 62.9 Å². The molecule has 0 bridgehead atoms. The van der Waals surface area contributed by atoms with E-state index in [4.69, 9.17) is 19.4 Å². The Hall–Kier alpha value is -6.32. The van der Waals surface area contributed by atoms with Crippen LogP contribution in [0.1, 0.15) is 108 Å². The average molecular weight is 917 g/mol. The van der Waals surface area contributed by atoms with Crippen molar-refractivity contribution in [2.24, 2.45) is 23.2 Å². The van der Waals surface area contributed by atoms with E-state index in [-0.39, 0.29) is 57.7 Å². The van der Waals surface area contributed by atoms with Crippen molar-refractivity contribution in [2.45, 2.75) is 115 Å². The first kappa shape index (κ1) is 44.5. The summed E-state index contributed by atoms with van der Waals surface area (Å²) in [5.41, 5.74) is 4.99. The predicted molar refractivity (Wildman–Crippen MR) is 247 cm³/mol. The van der Waals surface area contributed by atoms with Gasteiger partial charge in [0.1, 0.15) is 23.7 Å². The van der Waals surface area contributed by atoms with Gasteiger partial charge in [-0.25, -0.2) is 19.6 Å². The van der Waals surface area contributed by atoms with Crippen LogP contribution in [0.15, 0.2) is 60.8 Å². The van der Waals surface area contributed by atoms with Crippen molar-refractivity contribution < 1.29 is 37.4 Å². The van der Waals surface area contributed by atoms with Gasteiger partial charge in [0, 0.05) is 34.7 Å². The third-order valence-corrected chi connectivity index (χ3v) is 15.4. The lowest BCUT2D eigenvalue weighted by atomic mass is 9.86. The molecule has 1 spiro atoms. The Morgan fingerprint density at radius 1 is 0.791 bits per heavy atom. The van der Waals surface area contributed by atoms with Crippen molar-refractivity contribution in [3.8, 4) is 33.5 Å². The normalized spacial score (nSPS) is 22.4. The number of carbonyl (C=O) groups is 4. The zero-order valence-corrected chi connectivity index (χ0v) is 38.7. The van der Waals surface area contributed by atoms with Crippen LogP contribution in [0.3, 0.4) is 0 Å². The summed E-state index contributed by atoms with van der Waals surface area (Å²) in [6, 6.07) is 14.4. The number of ether oxygens (including phenoxy) is 2. The lowest BCUT2D eigenvalue weighted by molar-refractivity contribution is -0.135. The number of fused-ring (bicyclic) bond motifs is 4. The Kier molecular flexibility index (Phi) is 10.9. The Balaban J connectivity index is 0.847. The standard InChI is InChI=1S/C51H58F2N8O6/c1-26(2)41(59-47(64)66-5)44(62)55-32-11-10-31(22-32)50(17-18-50)46-57-37-14-9-29(21-38(37)58-46)28-7-12-33-34-13-8-30(20-36(34)51(52,53)35(33)19-28)39-24-54-43(56-39)40-23-49(15-16-49)25-61(40)45(63)42(27(3)4)60-48(65)67-6/h7-9,12-14,19-21,24,26-27,31-32,40-42H,10-11,15-18,22-23,25H2,1-6H3,(H,54,56)(H,55,62)(H,57,58)(H,59,64)(H,60,65)/t31-,32+,40-,41-,42-/m0/s1. The fourth-order valence-electron chi connectivity index (χ4n) is 11.2. The van der Waals surface area contributed by atoms with Gasteiger partial charge in [-0.1, -0.05) is 58.0 Å². The van der Waals surface area contributed by atoms with Crippen LogP contribution in [-0.2, 0) is 30.4 Å². The molecule has 4 amide bonds. The van der Waals surface area contributed by atoms with Gasteiger partial charge >= 0.3 is 12.2 Å². The third kappa shape index (κ3) is 7.89. The number of H-pyrrole nitrogens is 2. The maximum absolute atomic E-state index is 16.7. The van der Waals surface area contributed by atoms with Crippen LogP contribution in [0.4, 0.5) is 18.4 Å². The first-order valence-corrected chi connectivity index (χ1v) is 23.6. The van der Waals surface area contributed by atoms with Crippen LogP contribution in [-0.4, -0.2) is 87.7 Å². The van der Waals surface area contributed by atoms with E-state index in [1.54, 1.807) is 30.5 Å². The molecule has 5 N–H and O–H groups in total. The Morgan fingerprint density at radius 3 is 2.06 bits per heavy atom. The quantitative estimate of drug-likeness (QED) is 0.0822. The van der Waals surface area contributed by atoms with Gasteiger partial charge in [-0.05, 0) is 121 Å². The summed E-state index contributed by atoms with van der Waals surface area (Å²) >= 11 is 0. The molecule has 3 aromatic carbocycles. The number of likely N-dealkylation sites (tertiary alicyclic amines) is 1. The monoisotopic (exact) mass is 916 g/mol. The number of amides is 4. The van der Waals surface area contributed by atoms with E-state index in [0.29, 0.717) is 46.2 Å². The van der Waals surface area contributed by atoms with E-state index in [2.05, 4.69) is 25.9 Å². The molecule has 2 aromatic heterocycles. The van der Waals surface area contributed by atoms with Crippen LogP contribution < -0.4 is 16.0 Å². The number of aromatic amines is 2. The number of hydrogen-bond donors (Lipinski definition) is 5. The lowest BCUT2D eigenvalue weighted by Gasteiger charge is -2.30. The maximum Gasteiger partial charge on any atom is 0.407 e. The molecule has 0 unspecified atom stereocenters. The molecule has 4 fully saturated rings. The molecular weight excluding hydrogens is 859 g/mol. The number of nitrogens with zero attached hydrogens (tertiary/aromatic N) is 3. The van der Waals surface area contributed by atoms with Crippen LogP contribution in [0.25, 0.3) is 44.5 Å². The molecule has 352 valence electrons. The van der Waals surface area contributed by atoms with Gasteiger partial charge in [0.15, 0.2) is 0 Å². The Morgan fingerprint density at radius 2 is 1.42 bits per heavy atom. The molecule has 10 rings (SSSR count). The molecule has 1 aliphatic heterocycles. The molecule has 0 radical (unpaired) electrons. The van der Waals surface area contributed by atoms with E-state index in [9.17, 15) is 19.2 Å². The minimum Gasteiger partial charge on any atom is -0.453 e. The fraction of sp³-hybridized carbons (Fsp3) is 0.490. The summed E-state index contributed by atoms with van der Waals surface area (Å²) in [7, 11) is 2.55. The molecule has 5 atom stereocenters. The summed E-state index contributed by atoms with van der Waals surface area (Å²) in [4.78, 5) is 69.8. The number of benzene rings is 3. The van der Waals surface area contributed by atoms with Crippen molar-refractivity contribution in [3.63, 3.8) is 0 Å². The van der Waals surface area contributed by atoms with Gasteiger partial charge in [-0.3, -0.25) is 9.59 Å². The molecular formula is C51H58F2N8O6. The number of aromatic nitrogens is 4.